The van der Waals surface area contributed by atoms with E-state index in [0.717, 1.165) is 11.4 Å². The summed E-state index contributed by atoms with van der Waals surface area (Å²) in [6.45, 7) is 3.91. The summed E-state index contributed by atoms with van der Waals surface area (Å²) in [5.74, 6) is -1.08. The lowest BCUT2D eigenvalue weighted by Crippen LogP contribution is -2.24. The first kappa shape index (κ1) is 13.1. The number of hydrogen-bond acceptors (Lipinski definition) is 5. The number of nitrogens with zero attached hydrogens (tertiary/aromatic N) is 1. The molecule has 3 N–H and O–H groups in total. The van der Waals surface area contributed by atoms with Gasteiger partial charge in [0.2, 0.25) is 0 Å². The highest BCUT2D eigenvalue weighted by Gasteiger charge is 2.29. The fourth-order valence-corrected chi connectivity index (χ4v) is 2.25. The van der Waals surface area contributed by atoms with Gasteiger partial charge < -0.3 is 15.6 Å². The number of carboxylic acid groups (broad SMARTS) is 1. The lowest BCUT2D eigenvalue weighted by Gasteiger charge is -2.23. The van der Waals surface area contributed by atoms with Crippen LogP contribution in [-0.2, 0) is 15.1 Å². The highest BCUT2D eigenvalue weighted by atomic mass is 32.1. The van der Waals surface area contributed by atoms with Gasteiger partial charge in [-0.3, -0.25) is 4.79 Å². The van der Waals surface area contributed by atoms with E-state index in [1.165, 1.54) is 11.3 Å². The fraction of sp³-hybridized carbons (Fsp3) is 0.600. The molecule has 0 aromatic carbocycles. The molecule has 0 aliphatic carbocycles. The normalized spacial score (nSPS) is 16.8. The van der Waals surface area contributed by atoms with Crippen molar-refractivity contribution >= 4 is 17.3 Å². The minimum atomic E-state index is -1.08. The SMILES string of the molecule is CCC(C)(OC)c1nc(C(N)C(=O)O)cs1. The topological polar surface area (TPSA) is 85.4 Å². The second-order valence-electron chi connectivity index (χ2n) is 3.68. The molecule has 6 heteroatoms. The number of hydrogen-bond donors (Lipinski definition) is 2. The summed E-state index contributed by atoms with van der Waals surface area (Å²) in [7, 11) is 1.61. The summed E-state index contributed by atoms with van der Waals surface area (Å²) in [5.41, 5.74) is 5.39. The molecule has 0 amide bonds. The lowest BCUT2D eigenvalue weighted by atomic mass is 10.0. The van der Waals surface area contributed by atoms with E-state index in [9.17, 15) is 4.79 Å². The molecule has 0 aliphatic rings. The standard InChI is InChI=1S/C10H16N2O3S/c1-4-10(2,15-3)9-12-6(5-16-9)7(11)8(13)14/h5,7H,4,11H2,1-3H3,(H,13,14). The molecule has 1 rings (SSSR count). The quantitative estimate of drug-likeness (QED) is 0.819. The Bertz CT molecular complexity index is 374. The van der Waals surface area contributed by atoms with Gasteiger partial charge in [-0.1, -0.05) is 6.92 Å². The Balaban J connectivity index is 2.98. The number of nitrogens with two attached hydrogens (primary N) is 1. The molecule has 0 radical (unpaired) electrons. The van der Waals surface area contributed by atoms with Crippen LogP contribution in [-0.4, -0.2) is 23.2 Å². The fourth-order valence-electron chi connectivity index (χ4n) is 1.18. The summed E-state index contributed by atoms with van der Waals surface area (Å²) in [5, 5.41) is 11.2. The first-order valence-corrected chi connectivity index (χ1v) is 5.82. The lowest BCUT2D eigenvalue weighted by molar-refractivity contribution is -0.138. The van der Waals surface area contributed by atoms with E-state index in [-0.39, 0.29) is 0 Å². The summed E-state index contributed by atoms with van der Waals surface area (Å²) in [6.07, 6.45) is 0.763. The maximum atomic E-state index is 10.7. The smallest absolute Gasteiger partial charge is 0.326 e. The second kappa shape index (κ2) is 4.90. The van der Waals surface area contributed by atoms with Gasteiger partial charge in [-0.25, -0.2) is 4.98 Å². The summed E-state index contributed by atoms with van der Waals surface area (Å²) >= 11 is 1.37. The van der Waals surface area contributed by atoms with E-state index in [4.69, 9.17) is 15.6 Å². The van der Waals surface area contributed by atoms with Gasteiger partial charge >= 0.3 is 5.97 Å². The van der Waals surface area contributed by atoms with E-state index in [0.29, 0.717) is 5.69 Å². The van der Waals surface area contributed by atoms with Crippen molar-refractivity contribution in [1.29, 1.82) is 0 Å². The van der Waals surface area contributed by atoms with E-state index in [1.54, 1.807) is 12.5 Å². The Morgan fingerprint density at radius 1 is 1.81 bits per heavy atom. The zero-order valence-electron chi connectivity index (χ0n) is 9.56. The molecule has 1 aromatic heterocycles. The molecule has 16 heavy (non-hydrogen) atoms. The minimum Gasteiger partial charge on any atom is -0.480 e. The van der Waals surface area contributed by atoms with Crippen LogP contribution in [0.5, 0.6) is 0 Å². The van der Waals surface area contributed by atoms with Crippen molar-refractivity contribution in [2.75, 3.05) is 7.11 Å². The number of methoxy groups -OCH3 is 1. The number of thiazole rings is 1. The molecule has 0 saturated carbocycles. The van der Waals surface area contributed by atoms with Crippen molar-refractivity contribution in [3.63, 3.8) is 0 Å². The van der Waals surface area contributed by atoms with Crippen molar-refractivity contribution in [2.24, 2.45) is 5.73 Å². The Kier molecular flexibility index (Phi) is 4.01. The first-order valence-electron chi connectivity index (χ1n) is 4.94. The maximum absolute atomic E-state index is 10.7. The van der Waals surface area contributed by atoms with Gasteiger partial charge in [0.25, 0.3) is 0 Å². The Labute approximate surface area is 98.3 Å². The third-order valence-corrected chi connectivity index (χ3v) is 3.79. The predicted octanol–water partition coefficient (Wildman–Crippen LogP) is 1.50. The van der Waals surface area contributed by atoms with Crippen molar-refractivity contribution in [1.82, 2.24) is 4.98 Å². The van der Waals surface area contributed by atoms with Crippen LogP contribution in [0.3, 0.4) is 0 Å². The third kappa shape index (κ3) is 2.40. The van der Waals surface area contributed by atoms with E-state index in [2.05, 4.69) is 4.98 Å². The van der Waals surface area contributed by atoms with Crippen LogP contribution in [0.15, 0.2) is 5.38 Å². The predicted molar refractivity (Wildman–Crippen MR) is 61.3 cm³/mol. The Hall–Kier alpha value is -0.980. The van der Waals surface area contributed by atoms with E-state index in [1.807, 2.05) is 13.8 Å². The van der Waals surface area contributed by atoms with Crippen molar-refractivity contribution in [3.05, 3.63) is 16.1 Å². The highest BCUT2D eigenvalue weighted by molar-refractivity contribution is 7.09. The first-order chi connectivity index (χ1) is 7.44. The third-order valence-electron chi connectivity index (χ3n) is 2.68. The van der Waals surface area contributed by atoms with Crippen molar-refractivity contribution in [3.8, 4) is 0 Å². The molecule has 1 heterocycles. The van der Waals surface area contributed by atoms with Crippen LogP contribution >= 0.6 is 11.3 Å². The molecule has 2 unspecified atom stereocenters. The molecule has 1 aromatic rings. The van der Waals surface area contributed by atoms with Crippen LogP contribution in [0.25, 0.3) is 0 Å². The molecule has 0 fully saturated rings. The van der Waals surface area contributed by atoms with Crippen molar-refractivity contribution < 1.29 is 14.6 Å². The minimum absolute atomic E-state index is 0.379. The van der Waals surface area contributed by atoms with Crippen LogP contribution in [0.4, 0.5) is 0 Å². The van der Waals surface area contributed by atoms with Crippen LogP contribution in [0, 0.1) is 0 Å². The highest BCUT2D eigenvalue weighted by Crippen LogP contribution is 2.31. The average molecular weight is 244 g/mol. The molecule has 5 nitrogen and oxygen atoms in total. The summed E-state index contributed by atoms with van der Waals surface area (Å²) in [6, 6.07) is -1.07. The number of ether oxygens (including phenoxy) is 1. The van der Waals surface area contributed by atoms with Crippen LogP contribution in [0.1, 0.15) is 37.0 Å². The van der Waals surface area contributed by atoms with Gasteiger partial charge in [-0.05, 0) is 13.3 Å². The molecular formula is C10H16N2O3S. The Morgan fingerprint density at radius 3 is 2.88 bits per heavy atom. The summed E-state index contributed by atoms with van der Waals surface area (Å²) < 4.78 is 5.39. The number of aromatic nitrogens is 1. The molecular weight excluding hydrogens is 228 g/mol. The van der Waals surface area contributed by atoms with Gasteiger partial charge in [-0.2, -0.15) is 0 Å². The van der Waals surface area contributed by atoms with Gasteiger partial charge in [0.05, 0.1) is 5.69 Å². The number of aliphatic carboxylic acids is 1. The van der Waals surface area contributed by atoms with Gasteiger partial charge in [0.1, 0.15) is 16.7 Å². The van der Waals surface area contributed by atoms with Gasteiger partial charge in [0, 0.05) is 12.5 Å². The zero-order chi connectivity index (χ0) is 12.3. The number of carbonyl (C=O) groups is 1. The van der Waals surface area contributed by atoms with E-state index >= 15 is 0 Å². The maximum Gasteiger partial charge on any atom is 0.326 e. The average Bonchev–Trinajstić information content (AvgIpc) is 2.76. The molecule has 2 atom stereocenters. The second-order valence-corrected chi connectivity index (χ2v) is 4.54. The number of rotatable bonds is 5. The molecule has 0 aliphatic heterocycles. The zero-order valence-corrected chi connectivity index (χ0v) is 10.4. The van der Waals surface area contributed by atoms with Crippen LogP contribution in [0.2, 0.25) is 0 Å². The Morgan fingerprint density at radius 2 is 2.44 bits per heavy atom. The van der Waals surface area contributed by atoms with Gasteiger partial charge in [-0.15, -0.1) is 11.3 Å². The van der Waals surface area contributed by atoms with E-state index < -0.39 is 17.6 Å². The molecule has 0 bridgehead atoms. The summed E-state index contributed by atoms with van der Waals surface area (Å²) in [4.78, 5) is 14.9. The molecule has 0 saturated heterocycles. The number of carboxylic acids is 1. The monoisotopic (exact) mass is 244 g/mol. The largest absolute Gasteiger partial charge is 0.480 e. The molecule has 90 valence electrons. The van der Waals surface area contributed by atoms with Crippen molar-refractivity contribution in [2.45, 2.75) is 31.9 Å². The van der Waals surface area contributed by atoms with Crippen LogP contribution < -0.4 is 5.73 Å². The van der Waals surface area contributed by atoms with Gasteiger partial charge in [0.15, 0.2) is 0 Å². The molecule has 0 spiro atoms.